The zero-order valence-electron chi connectivity index (χ0n) is 6.37. The van der Waals surface area contributed by atoms with Gasteiger partial charge in [0.2, 0.25) is 5.28 Å². The molecular formula is C7H9ClN2O. The topological polar surface area (TPSA) is 46.0 Å². The van der Waals surface area contributed by atoms with Crippen LogP contribution in [-0.4, -0.2) is 15.1 Å². The molecule has 0 amide bonds. The van der Waals surface area contributed by atoms with Crippen molar-refractivity contribution in [1.82, 2.24) is 9.97 Å². The number of aromatic nitrogens is 2. The lowest BCUT2D eigenvalue weighted by Gasteiger charge is -2.05. The zero-order valence-corrected chi connectivity index (χ0v) is 7.13. The van der Waals surface area contributed by atoms with E-state index in [1.807, 2.05) is 13.8 Å². The van der Waals surface area contributed by atoms with Crippen LogP contribution in [0.1, 0.15) is 25.5 Å². The molecule has 0 saturated heterocycles. The highest BCUT2D eigenvalue weighted by molar-refractivity contribution is 6.28. The van der Waals surface area contributed by atoms with E-state index in [0.717, 1.165) is 0 Å². The Kier molecular flexibility index (Phi) is 2.29. The van der Waals surface area contributed by atoms with Crippen LogP contribution in [0.25, 0.3) is 0 Å². The smallest absolute Gasteiger partial charge is 0.222 e. The van der Waals surface area contributed by atoms with E-state index in [0.29, 0.717) is 5.69 Å². The Bertz CT molecular complexity index is 263. The lowest BCUT2D eigenvalue weighted by atomic mass is 10.1. The van der Waals surface area contributed by atoms with Gasteiger partial charge in [-0.25, -0.2) is 9.97 Å². The molecule has 11 heavy (non-hydrogen) atoms. The first-order valence-corrected chi connectivity index (χ1v) is 3.70. The highest BCUT2D eigenvalue weighted by Gasteiger charge is 2.07. The van der Waals surface area contributed by atoms with Gasteiger partial charge in [-0.1, -0.05) is 13.8 Å². The first kappa shape index (κ1) is 8.27. The third kappa shape index (κ3) is 1.80. The molecule has 0 atom stereocenters. The van der Waals surface area contributed by atoms with Crippen molar-refractivity contribution >= 4 is 11.6 Å². The molecule has 60 valence electrons. The average Bonchev–Trinajstić information content (AvgIpc) is 1.94. The summed E-state index contributed by atoms with van der Waals surface area (Å²) in [5, 5.41) is 9.39. The van der Waals surface area contributed by atoms with Crippen LogP contribution in [0, 0.1) is 0 Å². The standard InChI is InChI=1S/C7H9ClN2O/c1-4(2)6-5(11)3-9-7(8)10-6/h3-4,11H,1-2H3. The van der Waals surface area contributed by atoms with Gasteiger partial charge in [0, 0.05) is 0 Å². The highest BCUT2D eigenvalue weighted by Crippen LogP contribution is 2.22. The Hall–Kier alpha value is -0.830. The first-order chi connectivity index (χ1) is 5.11. The summed E-state index contributed by atoms with van der Waals surface area (Å²) < 4.78 is 0. The second kappa shape index (κ2) is 3.05. The predicted octanol–water partition coefficient (Wildman–Crippen LogP) is 1.96. The van der Waals surface area contributed by atoms with E-state index in [-0.39, 0.29) is 17.0 Å². The predicted molar refractivity (Wildman–Crippen MR) is 42.8 cm³/mol. The van der Waals surface area contributed by atoms with Crippen LogP contribution in [0.3, 0.4) is 0 Å². The molecule has 0 aliphatic rings. The minimum Gasteiger partial charge on any atom is -0.504 e. The summed E-state index contributed by atoms with van der Waals surface area (Å²) in [4.78, 5) is 7.50. The zero-order chi connectivity index (χ0) is 8.43. The number of rotatable bonds is 1. The summed E-state index contributed by atoms with van der Waals surface area (Å²) in [6.45, 7) is 3.86. The van der Waals surface area contributed by atoms with Crippen molar-refractivity contribution in [3.05, 3.63) is 17.2 Å². The first-order valence-electron chi connectivity index (χ1n) is 3.32. The number of halogens is 1. The van der Waals surface area contributed by atoms with Gasteiger partial charge < -0.3 is 5.11 Å². The van der Waals surface area contributed by atoms with Crippen LogP contribution in [-0.2, 0) is 0 Å². The Labute approximate surface area is 70.1 Å². The molecular weight excluding hydrogens is 164 g/mol. The van der Waals surface area contributed by atoms with E-state index in [2.05, 4.69) is 9.97 Å². The SMILES string of the molecule is CC(C)c1nc(Cl)ncc1O. The Morgan fingerprint density at radius 2 is 2.18 bits per heavy atom. The summed E-state index contributed by atoms with van der Waals surface area (Å²) in [6, 6.07) is 0. The number of aromatic hydroxyl groups is 1. The largest absolute Gasteiger partial charge is 0.504 e. The van der Waals surface area contributed by atoms with Gasteiger partial charge in [0.05, 0.1) is 11.9 Å². The fraction of sp³-hybridized carbons (Fsp3) is 0.429. The molecule has 0 bridgehead atoms. The molecule has 0 fully saturated rings. The average molecular weight is 173 g/mol. The Balaban J connectivity index is 3.13. The fourth-order valence-electron chi connectivity index (χ4n) is 0.791. The molecule has 0 radical (unpaired) electrons. The monoisotopic (exact) mass is 172 g/mol. The summed E-state index contributed by atoms with van der Waals surface area (Å²) in [5.41, 5.74) is 0.588. The molecule has 0 spiro atoms. The van der Waals surface area contributed by atoms with Crippen LogP contribution in [0.4, 0.5) is 0 Å². The molecule has 1 aromatic rings. The van der Waals surface area contributed by atoms with E-state index in [4.69, 9.17) is 11.6 Å². The van der Waals surface area contributed by atoms with Gasteiger partial charge in [0.15, 0.2) is 5.75 Å². The lowest BCUT2D eigenvalue weighted by Crippen LogP contribution is -1.94. The molecule has 1 aromatic heterocycles. The molecule has 0 unspecified atom stereocenters. The molecule has 1 N–H and O–H groups in total. The minimum absolute atomic E-state index is 0.101. The van der Waals surface area contributed by atoms with E-state index < -0.39 is 0 Å². The van der Waals surface area contributed by atoms with E-state index in [9.17, 15) is 5.11 Å². The third-order valence-corrected chi connectivity index (χ3v) is 1.50. The maximum atomic E-state index is 9.22. The number of hydrogen-bond donors (Lipinski definition) is 1. The van der Waals surface area contributed by atoms with Crippen molar-refractivity contribution in [2.24, 2.45) is 0 Å². The van der Waals surface area contributed by atoms with Crippen LogP contribution >= 0.6 is 11.6 Å². The van der Waals surface area contributed by atoms with Crippen LogP contribution in [0.15, 0.2) is 6.20 Å². The van der Waals surface area contributed by atoms with E-state index in [1.165, 1.54) is 6.20 Å². The molecule has 3 nitrogen and oxygen atoms in total. The highest BCUT2D eigenvalue weighted by atomic mass is 35.5. The Morgan fingerprint density at radius 3 is 2.64 bits per heavy atom. The summed E-state index contributed by atoms with van der Waals surface area (Å²) >= 11 is 5.53. The molecule has 0 aliphatic carbocycles. The minimum atomic E-state index is 0.101. The van der Waals surface area contributed by atoms with Crippen LogP contribution in [0.2, 0.25) is 5.28 Å². The van der Waals surface area contributed by atoms with Crippen LogP contribution < -0.4 is 0 Å². The lowest BCUT2D eigenvalue weighted by molar-refractivity contribution is 0.456. The van der Waals surface area contributed by atoms with Gasteiger partial charge in [-0.05, 0) is 17.5 Å². The maximum absolute atomic E-state index is 9.22. The van der Waals surface area contributed by atoms with Crippen molar-refractivity contribution in [3.8, 4) is 5.75 Å². The molecule has 1 rings (SSSR count). The van der Waals surface area contributed by atoms with Gasteiger partial charge >= 0.3 is 0 Å². The van der Waals surface area contributed by atoms with Crippen molar-refractivity contribution in [2.45, 2.75) is 19.8 Å². The summed E-state index contributed by atoms with van der Waals surface area (Å²) in [6.07, 6.45) is 1.31. The van der Waals surface area contributed by atoms with Gasteiger partial charge in [-0.3, -0.25) is 0 Å². The fourth-order valence-corrected chi connectivity index (χ4v) is 0.931. The quantitative estimate of drug-likeness (QED) is 0.659. The molecule has 0 saturated carbocycles. The molecule has 0 aliphatic heterocycles. The van der Waals surface area contributed by atoms with Gasteiger partial charge in [-0.2, -0.15) is 0 Å². The molecule has 0 aromatic carbocycles. The van der Waals surface area contributed by atoms with E-state index >= 15 is 0 Å². The van der Waals surface area contributed by atoms with Crippen molar-refractivity contribution in [1.29, 1.82) is 0 Å². The van der Waals surface area contributed by atoms with Gasteiger partial charge in [0.1, 0.15) is 0 Å². The summed E-state index contributed by atoms with van der Waals surface area (Å²) in [7, 11) is 0. The van der Waals surface area contributed by atoms with Crippen LogP contribution in [0.5, 0.6) is 5.75 Å². The third-order valence-electron chi connectivity index (χ3n) is 1.32. The molecule has 4 heteroatoms. The van der Waals surface area contributed by atoms with Gasteiger partial charge in [0.25, 0.3) is 0 Å². The van der Waals surface area contributed by atoms with Crippen molar-refractivity contribution in [2.75, 3.05) is 0 Å². The van der Waals surface area contributed by atoms with Gasteiger partial charge in [-0.15, -0.1) is 0 Å². The van der Waals surface area contributed by atoms with Crippen molar-refractivity contribution < 1.29 is 5.11 Å². The van der Waals surface area contributed by atoms with E-state index in [1.54, 1.807) is 0 Å². The number of nitrogens with zero attached hydrogens (tertiary/aromatic N) is 2. The maximum Gasteiger partial charge on any atom is 0.222 e. The van der Waals surface area contributed by atoms with Crippen molar-refractivity contribution in [3.63, 3.8) is 0 Å². The normalized spacial score (nSPS) is 10.5. The second-order valence-corrected chi connectivity index (χ2v) is 2.90. The summed E-state index contributed by atoms with van der Waals surface area (Å²) in [5.74, 6) is 0.264. The number of hydrogen-bond acceptors (Lipinski definition) is 3. The Morgan fingerprint density at radius 1 is 1.55 bits per heavy atom. The molecule has 1 heterocycles. The second-order valence-electron chi connectivity index (χ2n) is 2.56.